The Morgan fingerprint density at radius 2 is 1.00 bits per heavy atom. The molecule has 0 rings (SSSR count). The summed E-state index contributed by atoms with van der Waals surface area (Å²) >= 11 is 0. The van der Waals surface area contributed by atoms with Gasteiger partial charge in [0.05, 0.1) is 0 Å². The minimum Gasteiger partial charge on any atom is -0.550 e. The van der Waals surface area contributed by atoms with E-state index in [0.717, 1.165) is 0 Å². The predicted octanol–water partition coefficient (Wildman–Crippen LogP) is -2.45. The van der Waals surface area contributed by atoms with Gasteiger partial charge in [-0.3, -0.25) is 9.59 Å². The molecule has 0 bridgehead atoms. The molecule has 0 aliphatic rings. The third-order valence-electron chi connectivity index (χ3n) is 2.65. The van der Waals surface area contributed by atoms with Crippen molar-refractivity contribution in [1.82, 2.24) is 10.6 Å². The van der Waals surface area contributed by atoms with Gasteiger partial charge in [0.25, 0.3) is 11.8 Å². The first-order valence-corrected chi connectivity index (χ1v) is 6.64. The van der Waals surface area contributed by atoms with E-state index in [1.165, 1.54) is 10.6 Å². The molecule has 2 N–H and O–H groups in total. The van der Waals surface area contributed by atoms with Crippen LogP contribution in [0.2, 0.25) is 0 Å². The third kappa shape index (κ3) is 6.38. The van der Waals surface area contributed by atoms with Gasteiger partial charge in [0, 0.05) is 25.0 Å². The van der Waals surface area contributed by atoms with E-state index < -0.39 is 61.5 Å². The number of rotatable bonds is 11. The van der Waals surface area contributed by atoms with E-state index in [1.807, 2.05) is 0 Å². The largest absolute Gasteiger partial charge is 0.550 e. The lowest BCUT2D eigenvalue weighted by Gasteiger charge is -2.24. The second-order valence-electron chi connectivity index (χ2n) is 4.61. The van der Waals surface area contributed by atoms with Gasteiger partial charge in [-0.05, 0) is 25.7 Å². The van der Waals surface area contributed by atoms with Crippen LogP contribution < -0.4 is 20.8 Å². The quantitative estimate of drug-likeness (QED) is 0.311. The fourth-order valence-electron chi connectivity index (χ4n) is 1.38. The Morgan fingerprint density at radius 1 is 0.708 bits per heavy atom. The minimum atomic E-state index is -5.38. The Morgan fingerprint density at radius 3 is 1.25 bits per heavy atom. The van der Waals surface area contributed by atoms with Gasteiger partial charge in [0.1, 0.15) is 0 Å². The highest BCUT2D eigenvalue weighted by Crippen LogP contribution is 2.34. The maximum atomic E-state index is 13.4. The average Bonchev–Trinajstić information content (AvgIpc) is 2.46. The van der Waals surface area contributed by atoms with Gasteiger partial charge >= 0.3 is 11.8 Å². The fourth-order valence-corrected chi connectivity index (χ4v) is 1.38. The summed E-state index contributed by atoms with van der Waals surface area (Å²) in [4.78, 5) is 42.4. The molecule has 138 valence electrons. The van der Waals surface area contributed by atoms with Crippen LogP contribution in [-0.2, 0) is 19.2 Å². The maximum absolute atomic E-state index is 13.4. The molecule has 12 heteroatoms. The van der Waals surface area contributed by atoms with E-state index in [1.54, 1.807) is 0 Å². The molecule has 2 amide bonds. The molecule has 8 nitrogen and oxygen atoms in total. The van der Waals surface area contributed by atoms with Crippen molar-refractivity contribution in [1.29, 1.82) is 0 Å². The molecule has 0 radical (unpaired) electrons. The van der Waals surface area contributed by atoms with Crippen LogP contribution in [0.5, 0.6) is 0 Å². The first-order chi connectivity index (χ1) is 10.9. The second-order valence-corrected chi connectivity index (χ2v) is 4.61. The molecule has 24 heavy (non-hydrogen) atoms. The number of aliphatic carboxylic acids is 2. The van der Waals surface area contributed by atoms with Crippen LogP contribution in [0.15, 0.2) is 0 Å². The molecule has 0 aliphatic heterocycles. The lowest BCUT2D eigenvalue weighted by atomic mass is 10.1. The van der Waals surface area contributed by atoms with Crippen LogP contribution >= 0.6 is 0 Å². The van der Waals surface area contributed by atoms with Crippen molar-refractivity contribution in [2.24, 2.45) is 0 Å². The molecule has 0 fully saturated rings. The molecule has 0 heterocycles. The lowest BCUT2D eigenvalue weighted by Crippen LogP contribution is -2.59. The molecule has 0 aromatic carbocycles. The van der Waals surface area contributed by atoms with E-state index in [4.69, 9.17) is 0 Å². The molecule has 0 unspecified atom stereocenters. The summed E-state index contributed by atoms with van der Waals surface area (Å²) in [6.07, 6.45) is -1.82. The number of carbonyl (C=O) groups is 4. The summed E-state index contributed by atoms with van der Waals surface area (Å²) in [6.45, 7) is -1.27. The molecule has 0 spiro atoms. The normalized spacial score (nSPS) is 11.7. The number of carboxylic acids is 2. The highest BCUT2D eigenvalue weighted by Gasteiger charge is 2.66. The molecule has 0 aliphatic carbocycles. The predicted molar refractivity (Wildman–Crippen MR) is 64.4 cm³/mol. The molecule has 0 aromatic rings. The molecular weight excluding hydrogens is 344 g/mol. The number of carbonyl (C=O) groups excluding carboxylic acids is 4. The summed E-state index contributed by atoms with van der Waals surface area (Å²) in [5, 5.41) is 22.9. The van der Waals surface area contributed by atoms with Crippen molar-refractivity contribution < 1.29 is 47.0 Å². The summed E-state index contributed by atoms with van der Waals surface area (Å²) in [5.74, 6) is -18.7. The van der Waals surface area contributed by atoms with Crippen LogP contribution in [-0.4, -0.2) is 48.7 Å². The highest BCUT2D eigenvalue weighted by molar-refractivity contribution is 5.95. The lowest BCUT2D eigenvalue weighted by molar-refractivity contribution is -0.307. The Labute approximate surface area is 133 Å². The number of carboxylic acid groups (broad SMARTS) is 2. The van der Waals surface area contributed by atoms with Crippen LogP contribution in [0.1, 0.15) is 25.7 Å². The first kappa shape index (κ1) is 21.6. The summed E-state index contributed by atoms with van der Waals surface area (Å²) < 4.78 is 53.7. The molecule has 0 atom stereocenters. The Kier molecular flexibility index (Phi) is 8.13. The van der Waals surface area contributed by atoms with Gasteiger partial charge < -0.3 is 30.4 Å². The van der Waals surface area contributed by atoms with Gasteiger partial charge in [-0.15, -0.1) is 0 Å². The van der Waals surface area contributed by atoms with Crippen LogP contribution in [0.3, 0.4) is 0 Å². The van der Waals surface area contributed by atoms with E-state index in [0.29, 0.717) is 0 Å². The number of nitrogens with one attached hydrogen (secondary N) is 2. The van der Waals surface area contributed by atoms with Crippen molar-refractivity contribution in [3.05, 3.63) is 0 Å². The number of amides is 2. The third-order valence-corrected chi connectivity index (χ3v) is 2.65. The van der Waals surface area contributed by atoms with Gasteiger partial charge in [-0.1, -0.05) is 0 Å². The summed E-state index contributed by atoms with van der Waals surface area (Å²) in [5.41, 5.74) is 0. The van der Waals surface area contributed by atoms with Crippen molar-refractivity contribution >= 4 is 23.8 Å². The van der Waals surface area contributed by atoms with E-state index in [2.05, 4.69) is 0 Å². The van der Waals surface area contributed by atoms with Crippen LogP contribution in [0.4, 0.5) is 17.6 Å². The minimum absolute atomic E-state index is 0.328. The van der Waals surface area contributed by atoms with Gasteiger partial charge in [-0.2, -0.15) is 17.6 Å². The molecule has 0 aromatic heterocycles. The van der Waals surface area contributed by atoms with Crippen LogP contribution in [0, 0.1) is 0 Å². The zero-order valence-corrected chi connectivity index (χ0v) is 12.2. The Balaban J connectivity index is 4.59. The van der Waals surface area contributed by atoms with Crippen molar-refractivity contribution in [2.75, 3.05) is 13.1 Å². The monoisotopic (exact) mass is 358 g/mol. The van der Waals surface area contributed by atoms with E-state index in [-0.39, 0.29) is 12.8 Å². The highest BCUT2D eigenvalue weighted by atomic mass is 19.3. The van der Waals surface area contributed by atoms with Gasteiger partial charge in [0.15, 0.2) is 0 Å². The van der Waals surface area contributed by atoms with Crippen molar-refractivity contribution in [3.63, 3.8) is 0 Å². The number of halogens is 4. The zero-order chi connectivity index (χ0) is 19.0. The second kappa shape index (κ2) is 9.03. The zero-order valence-electron chi connectivity index (χ0n) is 12.2. The van der Waals surface area contributed by atoms with Gasteiger partial charge in [-0.25, -0.2) is 0 Å². The number of hydrogen-bond donors (Lipinski definition) is 2. The van der Waals surface area contributed by atoms with E-state index >= 15 is 0 Å². The SMILES string of the molecule is O=C([O-])CCCNC(=O)C(F)(F)C(F)(F)C(=O)NCCCC(=O)[O-]. The summed E-state index contributed by atoms with van der Waals surface area (Å²) in [6, 6.07) is 0. The first-order valence-electron chi connectivity index (χ1n) is 6.64. The fraction of sp³-hybridized carbons (Fsp3) is 0.667. The van der Waals surface area contributed by atoms with Gasteiger partial charge in [0.2, 0.25) is 0 Å². The molecule has 0 saturated heterocycles. The Hall–Kier alpha value is -2.40. The Bertz CT molecular complexity index is 454. The number of hydrogen-bond acceptors (Lipinski definition) is 6. The smallest absolute Gasteiger partial charge is 0.395 e. The average molecular weight is 358 g/mol. The van der Waals surface area contributed by atoms with Crippen LogP contribution in [0.25, 0.3) is 0 Å². The number of alkyl halides is 4. The molecule has 0 saturated carbocycles. The maximum Gasteiger partial charge on any atom is 0.395 e. The standard InChI is InChI=1S/C12H16F4N2O6/c13-11(14,9(23)17-5-1-3-7(19)20)12(15,16)10(24)18-6-2-4-8(21)22/h1-6H2,(H,17,23)(H,18,24)(H,19,20)(H,21,22)/p-2. The van der Waals surface area contributed by atoms with E-state index in [9.17, 15) is 47.0 Å². The summed E-state index contributed by atoms with van der Waals surface area (Å²) in [7, 11) is 0. The van der Waals surface area contributed by atoms with Crippen molar-refractivity contribution in [2.45, 2.75) is 37.5 Å². The molecular formula is C12H14F4N2O6-2. The van der Waals surface area contributed by atoms with Crippen molar-refractivity contribution in [3.8, 4) is 0 Å². The topological polar surface area (TPSA) is 138 Å².